The summed E-state index contributed by atoms with van der Waals surface area (Å²) in [5, 5.41) is 14.6. The number of hydrogen-bond acceptors (Lipinski definition) is 4. The van der Waals surface area contributed by atoms with Crippen LogP contribution in [0, 0.1) is 17.1 Å². The van der Waals surface area contributed by atoms with Gasteiger partial charge in [-0.3, -0.25) is 9.78 Å². The molecule has 0 aliphatic rings. The highest BCUT2D eigenvalue weighted by Gasteiger charge is 2.11. The second-order valence-electron chi connectivity index (χ2n) is 5.15. The van der Waals surface area contributed by atoms with Crippen molar-refractivity contribution in [1.29, 1.82) is 5.26 Å². The van der Waals surface area contributed by atoms with Crippen LogP contribution < -0.4 is 10.6 Å². The summed E-state index contributed by atoms with van der Waals surface area (Å²) in [6.45, 7) is 0. The van der Waals surface area contributed by atoms with Crippen LogP contribution in [0.4, 0.5) is 21.5 Å². The van der Waals surface area contributed by atoms with Gasteiger partial charge in [0.05, 0.1) is 16.9 Å². The van der Waals surface area contributed by atoms with Crippen LogP contribution in [0.3, 0.4) is 0 Å². The summed E-state index contributed by atoms with van der Waals surface area (Å²) in [5.74, 6) is -0.854. The number of nitrogens with one attached hydrogen (secondary N) is 2. The molecule has 25 heavy (non-hydrogen) atoms. The summed E-state index contributed by atoms with van der Waals surface area (Å²) < 4.78 is 13.7. The summed E-state index contributed by atoms with van der Waals surface area (Å²) in [5.41, 5.74) is 1.74. The highest BCUT2D eigenvalue weighted by molar-refractivity contribution is 6.04. The maximum atomic E-state index is 13.7. The van der Waals surface area contributed by atoms with Gasteiger partial charge in [-0.2, -0.15) is 5.26 Å². The van der Waals surface area contributed by atoms with E-state index in [0.717, 1.165) is 0 Å². The number of halogens is 1. The molecule has 0 radical (unpaired) electrons. The Morgan fingerprint density at radius 3 is 2.52 bits per heavy atom. The first-order chi connectivity index (χ1) is 12.2. The zero-order valence-corrected chi connectivity index (χ0v) is 13.0. The van der Waals surface area contributed by atoms with Gasteiger partial charge in [0.25, 0.3) is 5.91 Å². The first-order valence-corrected chi connectivity index (χ1v) is 7.45. The van der Waals surface area contributed by atoms with Gasteiger partial charge in [0.1, 0.15) is 17.6 Å². The lowest BCUT2D eigenvalue weighted by Gasteiger charge is -2.09. The van der Waals surface area contributed by atoms with Crippen molar-refractivity contribution in [1.82, 2.24) is 4.98 Å². The quantitative estimate of drug-likeness (QED) is 0.754. The number of aromatic nitrogens is 1. The first kappa shape index (κ1) is 16.1. The van der Waals surface area contributed by atoms with Crippen molar-refractivity contribution in [2.75, 3.05) is 10.6 Å². The SMILES string of the molecule is N#Cc1ccccc1NC(=O)c1cc(Nc2ccccc2F)ccn1. The lowest BCUT2D eigenvalue weighted by molar-refractivity contribution is 0.102. The van der Waals surface area contributed by atoms with E-state index in [1.54, 1.807) is 48.5 Å². The molecule has 0 fully saturated rings. The molecule has 0 aliphatic heterocycles. The standard InChI is InChI=1S/C19H13FN4O/c20-15-6-2-4-8-17(15)23-14-9-10-22-18(11-14)19(25)24-16-7-3-1-5-13(16)12-21/h1-11H,(H,22,23)(H,24,25). The van der Waals surface area contributed by atoms with E-state index in [0.29, 0.717) is 22.6 Å². The fourth-order valence-electron chi connectivity index (χ4n) is 2.23. The average Bonchev–Trinajstić information content (AvgIpc) is 2.64. The Labute approximate surface area is 143 Å². The number of pyridine rings is 1. The molecule has 2 N–H and O–H groups in total. The monoisotopic (exact) mass is 332 g/mol. The largest absolute Gasteiger partial charge is 0.353 e. The maximum Gasteiger partial charge on any atom is 0.274 e. The minimum atomic E-state index is -0.458. The van der Waals surface area contributed by atoms with E-state index >= 15 is 0 Å². The van der Waals surface area contributed by atoms with Crippen LogP contribution in [-0.4, -0.2) is 10.9 Å². The molecule has 1 aromatic heterocycles. The van der Waals surface area contributed by atoms with Crippen LogP contribution in [0.25, 0.3) is 0 Å². The van der Waals surface area contributed by atoms with Gasteiger partial charge >= 0.3 is 0 Å². The number of benzene rings is 2. The lowest BCUT2D eigenvalue weighted by atomic mass is 10.2. The van der Waals surface area contributed by atoms with E-state index in [2.05, 4.69) is 15.6 Å². The smallest absolute Gasteiger partial charge is 0.274 e. The second-order valence-corrected chi connectivity index (χ2v) is 5.15. The molecule has 1 heterocycles. The number of carbonyl (C=O) groups is 1. The van der Waals surface area contributed by atoms with E-state index in [9.17, 15) is 9.18 Å². The van der Waals surface area contributed by atoms with Gasteiger partial charge in [-0.1, -0.05) is 24.3 Å². The zero-order valence-electron chi connectivity index (χ0n) is 13.0. The molecule has 122 valence electrons. The summed E-state index contributed by atoms with van der Waals surface area (Å²) in [6.07, 6.45) is 1.45. The Balaban J connectivity index is 1.80. The van der Waals surface area contributed by atoms with Crippen molar-refractivity contribution < 1.29 is 9.18 Å². The van der Waals surface area contributed by atoms with Crippen molar-refractivity contribution in [3.05, 3.63) is 83.9 Å². The van der Waals surface area contributed by atoms with Gasteiger partial charge in [0, 0.05) is 11.9 Å². The molecule has 0 aliphatic carbocycles. The molecule has 5 nitrogen and oxygen atoms in total. The summed E-state index contributed by atoms with van der Waals surface area (Å²) in [7, 11) is 0. The number of para-hydroxylation sites is 2. The van der Waals surface area contributed by atoms with Crippen LogP contribution in [0.2, 0.25) is 0 Å². The Kier molecular flexibility index (Phi) is 4.67. The molecule has 0 atom stereocenters. The lowest BCUT2D eigenvalue weighted by Crippen LogP contribution is -2.14. The molecule has 3 rings (SSSR count). The number of hydrogen-bond donors (Lipinski definition) is 2. The fourth-order valence-corrected chi connectivity index (χ4v) is 2.23. The molecule has 2 aromatic carbocycles. The maximum absolute atomic E-state index is 13.7. The van der Waals surface area contributed by atoms with Gasteiger partial charge in [-0.25, -0.2) is 4.39 Å². The number of rotatable bonds is 4. The van der Waals surface area contributed by atoms with Crippen LogP contribution in [0.5, 0.6) is 0 Å². The van der Waals surface area contributed by atoms with Crippen molar-refractivity contribution >= 4 is 23.0 Å². The van der Waals surface area contributed by atoms with E-state index in [1.807, 2.05) is 6.07 Å². The average molecular weight is 332 g/mol. The van der Waals surface area contributed by atoms with E-state index < -0.39 is 11.7 Å². The highest BCUT2D eigenvalue weighted by atomic mass is 19.1. The number of nitrogens with zero attached hydrogens (tertiary/aromatic N) is 2. The van der Waals surface area contributed by atoms with Crippen molar-refractivity contribution in [3.63, 3.8) is 0 Å². The van der Waals surface area contributed by atoms with Gasteiger partial charge < -0.3 is 10.6 Å². The molecule has 0 unspecified atom stereocenters. The highest BCUT2D eigenvalue weighted by Crippen LogP contribution is 2.20. The topological polar surface area (TPSA) is 77.8 Å². The minimum Gasteiger partial charge on any atom is -0.353 e. The normalized spacial score (nSPS) is 9.92. The van der Waals surface area contributed by atoms with Gasteiger partial charge in [-0.15, -0.1) is 0 Å². The van der Waals surface area contributed by atoms with Gasteiger partial charge in [-0.05, 0) is 36.4 Å². The second kappa shape index (κ2) is 7.23. The number of anilines is 3. The predicted molar refractivity (Wildman–Crippen MR) is 93.0 cm³/mol. The molecular formula is C19H13FN4O. The Hall–Kier alpha value is -3.72. The summed E-state index contributed by atoms with van der Waals surface area (Å²) >= 11 is 0. The molecule has 3 aromatic rings. The van der Waals surface area contributed by atoms with Crippen LogP contribution >= 0.6 is 0 Å². The van der Waals surface area contributed by atoms with E-state index in [4.69, 9.17) is 5.26 Å². The first-order valence-electron chi connectivity index (χ1n) is 7.45. The molecule has 0 spiro atoms. The Bertz CT molecular complexity index is 965. The number of amides is 1. The van der Waals surface area contributed by atoms with Crippen LogP contribution in [0.1, 0.15) is 16.1 Å². The molecule has 6 heteroatoms. The predicted octanol–water partition coefficient (Wildman–Crippen LogP) is 4.09. The third-order valence-corrected chi connectivity index (χ3v) is 3.44. The molecule has 0 saturated heterocycles. The number of nitriles is 1. The molecule has 0 bridgehead atoms. The van der Waals surface area contributed by atoms with Gasteiger partial charge in [0.15, 0.2) is 0 Å². The van der Waals surface area contributed by atoms with Crippen LogP contribution in [-0.2, 0) is 0 Å². The van der Waals surface area contributed by atoms with E-state index in [1.165, 1.54) is 18.3 Å². The minimum absolute atomic E-state index is 0.147. The third kappa shape index (κ3) is 3.79. The fraction of sp³-hybridized carbons (Fsp3) is 0. The van der Waals surface area contributed by atoms with E-state index in [-0.39, 0.29) is 5.69 Å². The molecule has 1 amide bonds. The Morgan fingerprint density at radius 2 is 1.76 bits per heavy atom. The van der Waals surface area contributed by atoms with Crippen molar-refractivity contribution in [3.8, 4) is 6.07 Å². The van der Waals surface area contributed by atoms with Gasteiger partial charge in [0.2, 0.25) is 0 Å². The summed E-state index contributed by atoms with van der Waals surface area (Å²) in [4.78, 5) is 16.4. The number of carbonyl (C=O) groups excluding carboxylic acids is 1. The zero-order chi connectivity index (χ0) is 17.6. The molecular weight excluding hydrogens is 319 g/mol. The van der Waals surface area contributed by atoms with Crippen molar-refractivity contribution in [2.24, 2.45) is 0 Å². The van der Waals surface area contributed by atoms with Crippen LogP contribution in [0.15, 0.2) is 66.9 Å². The summed E-state index contributed by atoms with van der Waals surface area (Å²) in [6, 6.07) is 18.1. The van der Waals surface area contributed by atoms with Crippen molar-refractivity contribution in [2.45, 2.75) is 0 Å². The molecule has 0 saturated carbocycles. The third-order valence-electron chi connectivity index (χ3n) is 3.44. The Morgan fingerprint density at radius 1 is 1.04 bits per heavy atom.